The molecule has 1 spiro atoms. The van der Waals surface area contributed by atoms with E-state index in [4.69, 9.17) is 5.84 Å². The lowest BCUT2D eigenvalue weighted by atomic mass is 9.79. The normalized spacial score (nSPS) is 32.1. The maximum Gasteiger partial charge on any atom is 0.0388 e. The lowest BCUT2D eigenvalue weighted by Crippen LogP contribution is -2.66. The minimum atomic E-state index is 0.408. The average molecular weight is 141 g/mol. The largest absolute Gasteiger partial charge is 0.317 e. The Kier molecular flexibility index (Phi) is 1.44. The van der Waals surface area contributed by atoms with E-state index in [1.807, 2.05) is 5.01 Å². The van der Waals surface area contributed by atoms with E-state index < -0.39 is 0 Å². The van der Waals surface area contributed by atoms with Gasteiger partial charge in [0, 0.05) is 12.1 Å². The van der Waals surface area contributed by atoms with Gasteiger partial charge in [-0.2, -0.15) is 0 Å². The molecular weight excluding hydrogens is 126 g/mol. The highest BCUT2D eigenvalue weighted by Gasteiger charge is 2.43. The Balaban J connectivity index is 1.99. The number of hydrazine groups is 1. The molecule has 0 atom stereocenters. The molecule has 0 radical (unpaired) electrons. The van der Waals surface area contributed by atoms with Crippen molar-refractivity contribution in [2.45, 2.75) is 24.8 Å². The summed E-state index contributed by atoms with van der Waals surface area (Å²) in [6.07, 6.45) is 3.79. The summed E-state index contributed by atoms with van der Waals surface area (Å²) in [7, 11) is 0. The van der Waals surface area contributed by atoms with E-state index in [1.54, 1.807) is 0 Å². The zero-order valence-corrected chi connectivity index (χ0v) is 6.27. The second-order valence-electron chi connectivity index (χ2n) is 3.42. The van der Waals surface area contributed by atoms with Crippen molar-refractivity contribution in [1.82, 2.24) is 10.3 Å². The quantitative estimate of drug-likeness (QED) is 0.455. The fourth-order valence-electron chi connectivity index (χ4n) is 1.99. The van der Waals surface area contributed by atoms with E-state index in [1.165, 1.54) is 19.3 Å². The van der Waals surface area contributed by atoms with E-state index >= 15 is 0 Å². The van der Waals surface area contributed by atoms with Gasteiger partial charge in [0.2, 0.25) is 0 Å². The van der Waals surface area contributed by atoms with Crippen molar-refractivity contribution in [1.29, 1.82) is 0 Å². The van der Waals surface area contributed by atoms with Crippen molar-refractivity contribution < 1.29 is 0 Å². The maximum atomic E-state index is 5.79. The van der Waals surface area contributed by atoms with Gasteiger partial charge in [0.15, 0.2) is 0 Å². The molecule has 2 saturated heterocycles. The SMILES string of the molecule is NN1CCC12CCNCC2. The topological polar surface area (TPSA) is 41.3 Å². The molecule has 2 fully saturated rings. The molecule has 0 amide bonds. The third-order valence-corrected chi connectivity index (χ3v) is 2.96. The number of hydrogen-bond donors (Lipinski definition) is 2. The molecule has 0 unspecified atom stereocenters. The van der Waals surface area contributed by atoms with Crippen molar-refractivity contribution >= 4 is 0 Å². The summed E-state index contributed by atoms with van der Waals surface area (Å²) in [5, 5.41) is 5.37. The highest BCUT2D eigenvalue weighted by Crippen LogP contribution is 2.34. The van der Waals surface area contributed by atoms with Crippen molar-refractivity contribution in [2.24, 2.45) is 5.84 Å². The molecule has 0 aromatic carbocycles. The van der Waals surface area contributed by atoms with Crippen LogP contribution >= 0.6 is 0 Å². The van der Waals surface area contributed by atoms with Crippen LogP contribution in [-0.2, 0) is 0 Å². The van der Waals surface area contributed by atoms with Gasteiger partial charge < -0.3 is 5.32 Å². The van der Waals surface area contributed by atoms with Gasteiger partial charge >= 0.3 is 0 Å². The Morgan fingerprint density at radius 1 is 1.20 bits per heavy atom. The Morgan fingerprint density at radius 3 is 2.20 bits per heavy atom. The Bertz CT molecular complexity index is 129. The van der Waals surface area contributed by atoms with Gasteiger partial charge in [0.05, 0.1) is 0 Å². The van der Waals surface area contributed by atoms with Crippen LogP contribution in [-0.4, -0.2) is 30.2 Å². The first kappa shape index (κ1) is 6.58. The van der Waals surface area contributed by atoms with E-state index in [0.717, 1.165) is 19.6 Å². The molecule has 0 bridgehead atoms. The molecule has 10 heavy (non-hydrogen) atoms. The number of rotatable bonds is 0. The smallest absolute Gasteiger partial charge is 0.0388 e. The number of nitrogens with two attached hydrogens (primary N) is 1. The van der Waals surface area contributed by atoms with Gasteiger partial charge in [-0.1, -0.05) is 0 Å². The molecule has 2 aliphatic rings. The Hall–Kier alpha value is -0.120. The second kappa shape index (κ2) is 2.19. The van der Waals surface area contributed by atoms with Crippen molar-refractivity contribution in [3.63, 3.8) is 0 Å². The zero-order chi connectivity index (χ0) is 7.03. The molecule has 3 N–H and O–H groups in total. The van der Waals surface area contributed by atoms with Crippen LogP contribution in [0.3, 0.4) is 0 Å². The highest BCUT2D eigenvalue weighted by molar-refractivity contribution is 4.99. The van der Waals surface area contributed by atoms with Crippen LogP contribution < -0.4 is 11.2 Å². The van der Waals surface area contributed by atoms with Gasteiger partial charge in [0.25, 0.3) is 0 Å². The van der Waals surface area contributed by atoms with Crippen molar-refractivity contribution in [2.75, 3.05) is 19.6 Å². The second-order valence-corrected chi connectivity index (χ2v) is 3.42. The van der Waals surface area contributed by atoms with Gasteiger partial charge in [-0.3, -0.25) is 5.84 Å². The monoisotopic (exact) mass is 141 g/mol. The molecule has 58 valence electrons. The molecule has 0 aliphatic carbocycles. The summed E-state index contributed by atoms with van der Waals surface area (Å²) >= 11 is 0. The van der Waals surface area contributed by atoms with Crippen LogP contribution in [0.4, 0.5) is 0 Å². The number of nitrogens with zero attached hydrogens (tertiary/aromatic N) is 1. The van der Waals surface area contributed by atoms with Crippen LogP contribution in [0.5, 0.6) is 0 Å². The van der Waals surface area contributed by atoms with Crippen LogP contribution in [0.2, 0.25) is 0 Å². The summed E-state index contributed by atoms with van der Waals surface area (Å²) in [4.78, 5) is 0. The molecule has 2 heterocycles. The Morgan fingerprint density at radius 2 is 1.90 bits per heavy atom. The minimum absolute atomic E-state index is 0.408. The number of hydrogen-bond acceptors (Lipinski definition) is 3. The molecule has 2 aliphatic heterocycles. The molecule has 3 nitrogen and oxygen atoms in total. The lowest BCUT2D eigenvalue weighted by molar-refractivity contribution is -0.0380. The fourth-order valence-corrected chi connectivity index (χ4v) is 1.99. The summed E-state index contributed by atoms with van der Waals surface area (Å²) in [5.41, 5.74) is 0.408. The molecule has 3 heteroatoms. The van der Waals surface area contributed by atoms with Crippen molar-refractivity contribution in [3.05, 3.63) is 0 Å². The summed E-state index contributed by atoms with van der Waals surface area (Å²) < 4.78 is 0. The third-order valence-electron chi connectivity index (χ3n) is 2.96. The predicted octanol–water partition coefficient (Wildman–Crippen LogP) is -0.312. The van der Waals surface area contributed by atoms with E-state index in [0.29, 0.717) is 5.54 Å². The van der Waals surface area contributed by atoms with Crippen LogP contribution in [0, 0.1) is 0 Å². The van der Waals surface area contributed by atoms with E-state index in [-0.39, 0.29) is 0 Å². The minimum Gasteiger partial charge on any atom is -0.317 e. The van der Waals surface area contributed by atoms with Gasteiger partial charge in [-0.05, 0) is 32.4 Å². The molecular formula is C7H15N3. The fraction of sp³-hybridized carbons (Fsp3) is 1.00. The summed E-state index contributed by atoms with van der Waals surface area (Å²) in [6, 6.07) is 0. The van der Waals surface area contributed by atoms with Crippen LogP contribution in [0.15, 0.2) is 0 Å². The lowest BCUT2D eigenvalue weighted by Gasteiger charge is -2.52. The van der Waals surface area contributed by atoms with Gasteiger partial charge in [-0.25, -0.2) is 5.01 Å². The van der Waals surface area contributed by atoms with E-state index in [9.17, 15) is 0 Å². The van der Waals surface area contributed by atoms with Gasteiger partial charge in [0.1, 0.15) is 0 Å². The van der Waals surface area contributed by atoms with Crippen LogP contribution in [0.1, 0.15) is 19.3 Å². The first-order valence-electron chi connectivity index (χ1n) is 4.07. The molecule has 0 aromatic heterocycles. The summed E-state index contributed by atoms with van der Waals surface area (Å²) in [5.74, 6) is 5.79. The molecule has 0 aromatic rings. The highest BCUT2D eigenvalue weighted by atomic mass is 15.5. The Labute approximate surface area is 61.5 Å². The third kappa shape index (κ3) is 0.779. The van der Waals surface area contributed by atoms with E-state index in [2.05, 4.69) is 5.32 Å². The zero-order valence-electron chi connectivity index (χ0n) is 6.27. The standard InChI is InChI=1S/C7H15N3/c8-10-6-3-7(10)1-4-9-5-2-7/h9H,1-6,8H2. The number of nitrogens with one attached hydrogen (secondary N) is 1. The van der Waals surface area contributed by atoms with Crippen LogP contribution in [0.25, 0.3) is 0 Å². The number of piperidine rings is 1. The maximum absolute atomic E-state index is 5.79. The molecule has 0 saturated carbocycles. The predicted molar refractivity (Wildman–Crippen MR) is 40.3 cm³/mol. The van der Waals surface area contributed by atoms with Crippen molar-refractivity contribution in [3.8, 4) is 0 Å². The summed E-state index contributed by atoms with van der Waals surface area (Å²) in [6.45, 7) is 3.39. The average Bonchev–Trinajstić information content (AvgIpc) is 2.04. The van der Waals surface area contributed by atoms with Gasteiger partial charge in [-0.15, -0.1) is 0 Å². The first-order valence-corrected chi connectivity index (χ1v) is 4.07. The first-order chi connectivity index (χ1) is 4.83. The molecule has 2 rings (SSSR count).